The number of ether oxygens (including phenoxy) is 3. The Kier molecular flexibility index (Phi) is 12.8. The third-order valence-corrected chi connectivity index (χ3v) is 10.2. The molecule has 2 fully saturated rings. The fourth-order valence-corrected chi connectivity index (χ4v) is 7.27. The zero-order chi connectivity index (χ0) is 36.5. The van der Waals surface area contributed by atoms with Crippen LogP contribution in [-0.4, -0.2) is 126 Å². The number of hydrogen-bond acceptors (Lipinski definition) is 14. The van der Waals surface area contributed by atoms with Crippen molar-refractivity contribution in [1.82, 2.24) is 10.1 Å². The van der Waals surface area contributed by atoms with Crippen LogP contribution in [0.2, 0.25) is 0 Å². The maximum Gasteiger partial charge on any atom is 0.311 e. The topological polar surface area (TPSA) is 225 Å². The van der Waals surface area contributed by atoms with Crippen molar-refractivity contribution in [1.29, 1.82) is 0 Å². The molecule has 1 aromatic rings. The summed E-state index contributed by atoms with van der Waals surface area (Å²) in [4.78, 5) is 27.9. The lowest BCUT2D eigenvalue weighted by Gasteiger charge is -2.47. The number of amides is 1. The van der Waals surface area contributed by atoms with Crippen LogP contribution >= 0.6 is 0 Å². The van der Waals surface area contributed by atoms with Crippen molar-refractivity contribution in [3.05, 3.63) is 17.5 Å². The minimum atomic E-state index is -1.96. The molecule has 48 heavy (non-hydrogen) atoms. The van der Waals surface area contributed by atoms with Gasteiger partial charge in [0.15, 0.2) is 6.29 Å². The van der Waals surface area contributed by atoms with Gasteiger partial charge in [0.25, 0.3) is 5.91 Å². The van der Waals surface area contributed by atoms with Crippen LogP contribution in [0.5, 0.6) is 0 Å². The average molecular weight is 686 g/mol. The van der Waals surface area contributed by atoms with Gasteiger partial charge in [-0.15, -0.1) is 0 Å². The lowest BCUT2D eigenvalue weighted by Crippen LogP contribution is -2.60. The van der Waals surface area contributed by atoms with Crippen LogP contribution in [0.15, 0.2) is 15.7 Å². The molecule has 2 aliphatic heterocycles. The Morgan fingerprint density at radius 3 is 2.27 bits per heavy atom. The van der Waals surface area contributed by atoms with Crippen LogP contribution in [0.25, 0.3) is 0 Å². The molecule has 6 N–H and O–H groups in total. The second-order valence-corrected chi connectivity index (χ2v) is 14.3. The maximum absolute atomic E-state index is 13.4. The number of aliphatic hydroxyl groups is 5. The molecule has 0 unspecified atom stereocenters. The Labute approximate surface area is 281 Å². The first-order valence-electron chi connectivity index (χ1n) is 16.6. The van der Waals surface area contributed by atoms with Gasteiger partial charge in [-0.25, -0.2) is 0 Å². The highest BCUT2D eigenvalue weighted by molar-refractivity contribution is 5.91. The summed E-state index contributed by atoms with van der Waals surface area (Å²) in [5.74, 6) is -5.19. The number of carbonyl (C=O) groups excluding carboxylic acids is 2. The number of esters is 1. The Balaban J connectivity index is 2.02. The molecule has 3 heterocycles. The van der Waals surface area contributed by atoms with Gasteiger partial charge in [-0.05, 0) is 53.9 Å². The number of nitrogens with zero attached hydrogens (tertiary/aromatic N) is 3. The first kappa shape index (κ1) is 39.8. The van der Waals surface area contributed by atoms with E-state index in [2.05, 4.69) is 10.3 Å². The first-order chi connectivity index (χ1) is 22.2. The van der Waals surface area contributed by atoms with Crippen molar-refractivity contribution < 1.29 is 59.1 Å². The van der Waals surface area contributed by atoms with E-state index < -0.39 is 95.7 Å². The zero-order valence-electron chi connectivity index (χ0n) is 29.6. The van der Waals surface area contributed by atoms with Crippen LogP contribution in [0.1, 0.15) is 90.9 Å². The number of oxime groups is 1. The highest BCUT2D eigenvalue weighted by Gasteiger charge is 2.51. The molecule has 274 valence electrons. The quantitative estimate of drug-likeness (QED) is 0.147. The summed E-state index contributed by atoms with van der Waals surface area (Å²) in [6, 6.07) is 0.681. The van der Waals surface area contributed by atoms with Crippen molar-refractivity contribution in [3.63, 3.8) is 0 Å². The number of aryl methyl sites for hydroxylation is 1. The molecule has 15 nitrogen and oxygen atoms in total. The monoisotopic (exact) mass is 685 g/mol. The molecule has 0 radical (unpaired) electrons. The number of aromatic nitrogens is 1. The highest BCUT2D eigenvalue weighted by Crippen LogP contribution is 2.38. The second-order valence-electron chi connectivity index (χ2n) is 14.3. The van der Waals surface area contributed by atoms with E-state index in [0.717, 1.165) is 0 Å². The molecule has 1 aromatic heterocycles. The molecule has 0 aromatic carbocycles. The maximum atomic E-state index is 13.4. The van der Waals surface area contributed by atoms with Gasteiger partial charge in [0.2, 0.25) is 5.76 Å². The standard InChI is InChI=1S/C33H55N3O12/c1-11-23-33(9,43)27(39)18(5)24(34-44)15(2)14-32(8,42)28(19(6)25(37)20(7)30(41)46-23)47-31-26(38)21(13-17(4)45-31)36(10)29(40)22-12-16(3)35-48-22/h12,15,17-21,23,25-28,31,37-39,42-44H,11,13-14H2,1-10H3/b34-24+/t15-,17-,18+,19+,20-,21+,23-,25+,26-,27-,28-,31+,32-,33-/m1/s1. The third kappa shape index (κ3) is 8.20. The Hall–Kier alpha value is -2.66. The van der Waals surface area contributed by atoms with Crippen LogP contribution in [0, 0.1) is 30.6 Å². The molecule has 2 aliphatic rings. The largest absolute Gasteiger partial charge is 0.459 e. The number of cyclic esters (lactones) is 1. The van der Waals surface area contributed by atoms with E-state index in [4.69, 9.17) is 18.7 Å². The van der Waals surface area contributed by atoms with E-state index in [-0.39, 0.29) is 30.7 Å². The minimum Gasteiger partial charge on any atom is -0.459 e. The summed E-state index contributed by atoms with van der Waals surface area (Å²) in [7, 11) is 1.51. The summed E-state index contributed by atoms with van der Waals surface area (Å²) < 4.78 is 23.1. The van der Waals surface area contributed by atoms with E-state index >= 15 is 0 Å². The molecule has 0 aliphatic carbocycles. The normalized spacial score (nSPS) is 43.0. The van der Waals surface area contributed by atoms with Gasteiger partial charge in [0.1, 0.15) is 17.8 Å². The highest BCUT2D eigenvalue weighted by atomic mass is 16.7. The third-order valence-electron chi connectivity index (χ3n) is 10.2. The van der Waals surface area contributed by atoms with Gasteiger partial charge in [0.05, 0.1) is 53.4 Å². The lowest BCUT2D eigenvalue weighted by atomic mass is 9.73. The second kappa shape index (κ2) is 15.5. The fraction of sp³-hybridized carbons (Fsp3) is 0.818. The zero-order valence-corrected chi connectivity index (χ0v) is 29.6. The van der Waals surface area contributed by atoms with E-state index in [0.29, 0.717) is 5.69 Å². The van der Waals surface area contributed by atoms with Crippen molar-refractivity contribution in [3.8, 4) is 0 Å². The van der Waals surface area contributed by atoms with E-state index in [9.17, 15) is 40.3 Å². The molecule has 0 saturated carbocycles. The van der Waals surface area contributed by atoms with Crippen LogP contribution < -0.4 is 0 Å². The van der Waals surface area contributed by atoms with Crippen LogP contribution in [-0.2, 0) is 19.0 Å². The molecular formula is C33H55N3O12. The average Bonchev–Trinajstić information content (AvgIpc) is 3.46. The Morgan fingerprint density at radius 1 is 1.10 bits per heavy atom. The van der Waals surface area contributed by atoms with Crippen molar-refractivity contribution in [2.24, 2.45) is 28.8 Å². The van der Waals surface area contributed by atoms with Gasteiger partial charge in [-0.1, -0.05) is 38.0 Å². The molecule has 14 atom stereocenters. The fourth-order valence-electron chi connectivity index (χ4n) is 7.27. The molecule has 15 heteroatoms. The predicted octanol–water partition coefficient (Wildman–Crippen LogP) is 1.63. The Morgan fingerprint density at radius 2 is 1.73 bits per heavy atom. The van der Waals surface area contributed by atoms with Crippen LogP contribution in [0.3, 0.4) is 0 Å². The first-order valence-corrected chi connectivity index (χ1v) is 16.6. The molecule has 0 spiro atoms. The number of likely N-dealkylation sites (N-methyl/N-ethyl adjacent to an activating group) is 1. The van der Waals surface area contributed by atoms with Crippen molar-refractivity contribution in [2.75, 3.05) is 7.05 Å². The SMILES string of the molecule is CC[C@H]1OC(=O)[C@H](C)[C@@H](O)[C@H](C)[C@@H](O[C@@H]2O[C@H](C)C[C@H](N(C)C(=O)c3cc(C)no3)[C@H]2O)[C@](C)(O)C[C@@H](C)/C(=N\O)[C@H](C)[C@@H](O)[C@]1(C)O. The van der Waals surface area contributed by atoms with Gasteiger partial charge >= 0.3 is 5.97 Å². The van der Waals surface area contributed by atoms with Crippen LogP contribution in [0.4, 0.5) is 0 Å². The summed E-state index contributed by atoms with van der Waals surface area (Å²) in [6.45, 7) is 14.1. The summed E-state index contributed by atoms with van der Waals surface area (Å²) in [5, 5.41) is 75.0. The van der Waals surface area contributed by atoms with Gasteiger partial charge in [-0.2, -0.15) is 0 Å². The molecule has 1 amide bonds. The number of carbonyl (C=O) groups is 2. The van der Waals surface area contributed by atoms with E-state index in [1.165, 1.54) is 38.8 Å². The lowest BCUT2D eigenvalue weighted by molar-refractivity contribution is -0.298. The minimum absolute atomic E-state index is 0.00749. The summed E-state index contributed by atoms with van der Waals surface area (Å²) in [6.07, 6.45) is -8.56. The van der Waals surface area contributed by atoms with E-state index in [1.54, 1.807) is 41.5 Å². The molecular weight excluding hydrogens is 630 g/mol. The predicted molar refractivity (Wildman–Crippen MR) is 171 cm³/mol. The summed E-state index contributed by atoms with van der Waals surface area (Å²) >= 11 is 0. The number of rotatable bonds is 5. The van der Waals surface area contributed by atoms with Gasteiger partial charge < -0.3 is 54.4 Å². The van der Waals surface area contributed by atoms with Gasteiger partial charge in [0, 0.05) is 30.9 Å². The van der Waals surface area contributed by atoms with Gasteiger partial charge in [-0.3, -0.25) is 9.59 Å². The molecule has 3 rings (SSSR count). The Bertz CT molecular complexity index is 1280. The van der Waals surface area contributed by atoms with E-state index in [1.807, 2.05) is 0 Å². The smallest absolute Gasteiger partial charge is 0.311 e. The van der Waals surface area contributed by atoms with Crippen molar-refractivity contribution >= 4 is 17.6 Å². The van der Waals surface area contributed by atoms with Crippen molar-refractivity contribution in [2.45, 2.75) is 142 Å². The molecule has 0 bridgehead atoms. The number of aliphatic hydroxyl groups excluding tert-OH is 3. The number of hydrogen-bond donors (Lipinski definition) is 6. The molecule has 2 saturated heterocycles. The summed E-state index contributed by atoms with van der Waals surface area (Å²) in [5.41, 5.74) is -3.22.